The molecule has 1 saturated heterocycles. The molecule has 0 aromatic carbocycles. The molecule has 6 nitrogen and oxygen atoms in total. The van der Waals surface area contributed by atoms with Crippen molar-refractivity contribution in [3.63, 3.8) is 0 Å². The lowest BCUT2D eigenvalue weighted by Gasteiger charge is -2.15. The molecule has 0 aliphatic carbocycles. The number of hydrogen-bond donors (Lipinski definition) is 0. The molecule has 1 atom stereocenters. The van der Waals surface area contributed by atoms with E-state index in [1.54, 1.807) is 13.1 Å². The minimum Gasteiger partial charge on any atom is -0.360 e. The molecule has 0 radical (unpaired) electrons. The maximum Gasteiger partial charge on any atom is 0.248 e. The van der Waals surface area contributed by atoms with Gasteiger partial charge < -0.3 is 4.52 Å². The van der Waals surface area contributed by atoms with E-state index in [1.807, 2.05) is 18.2 Å². The van der Waals surface area contributed by atoms with Gasteiger partial charge in [0.2, 0.25) is 10.0 Å². The first kappa shape index (κ1) is 14.2. The van der Waals surface area contributed by atoms with Crippen molar-refractivity contribution in [3.05, 3.63) is 42.0 Å². The van der Waals surface area contributed by atoms with Crippen molar-refractivity contribution in [3.8, 4) is 0 Å². The van der Waals surface area contributed by atoms with E-state index < -0.39 is 10.0 Å². The second kappa shape index (κ2) is 5.57. The fraction of sp³-hybridized carbons (Fsp3) is 0.429. The summed E-state index contributed by atoms with van der Waals surface area (Å²) in [5.41, 5.74) is 1.00. The molecule has 3 heterocycles. The van der Waals surface area contributed by atoms with Crippen LogP contribution in [0.2, 0.25) is 0 Å². The summed E-state index contributed by atoms with van der Waals surface area (Å²) in [4.78, 5) is 4.47. The quantitative estimate of drug-likeness (QED) is 0.858. The predicted octanol–water partition coefficient (Wildman–Crippen LogP) is 1.63. The number of sulfonamides is 1. The number of rotatable bonds is 4. The maximum atomic E-state index is 12.5. The average Bonchev–Trinajstić information content (AvgIpc) is 3.09. The second-order valence-electron chi connectivity index (χ2n) is 5.29. The first-order valence-corrected chi connectivity index (χ1v) is 8.32. The van der Waals surface area contributed by atoms with Crippen LogP contribution in [0.15, 0.2) is 40.0 Å². The SMILES string of the molecule is Cc1oncc1S(=O)(=O)N1CCC(Cc2ccccn2)C1. The van der Waals surface area contributed by atoms with Crippen molar-refractivity contribution in [1.82, 2.24) is 14.4 Å². The highest BCUT2D eigenvalue weighted by atomic mass is 32.2. The van der Waals surface area contributed by atoms with Crippen molar-refractivity contribution in [2.45, 2.75) is 24.7 Å². The zero-order valence-corrected chi connectivity index (χ0v) is 12.6. The lowest BCUT2D eigenvalue weighted by Crippen LogP contribution is -2.29. The van der Waals surface area contributed by atoms with Crippen LogP contribution in [0.1, 0.15) is 17.9 Å². The van der Waals surface area contributed by atoms with Gasteiger partial charge >= 0.3 is 0 Å². The van der Waals surface area contributed by atoms with Crippen LogP contribution in [-0.2, 0) is 16.4 Å². The Hall–Kier alpha value is -1.73. The van der Waals surface area contributed by atoms with Gasteiger partial charge in [0.1, 0.15) is 4.90 Å². The van der Waals surface area contributed by atoms with Gasteiger partial charge in [0.15, 0.2) is 5.76 Å². The van der Waals surface area contributed by atoms with Crippen LogP contribution in [0.5, 0.6) is 0 Å². The van der Waals surface area contributed by atoms with Crippen LogP contribution < -0.4 is 0 Å². The summed E-state index contributed by atoms with van der Waals surface area (Å²) in [5, 5.41) is 3.56. The normalized spacial score (nSPS) is 20.0. The maximum absolute atomic E-state index is 12.5. The Morgan fingerprint density at radius 1 is 1.43 bits per heavy atom. The molecule has 3 rings (SSSR count). The minimum absolute atomic E-state index is 0.168. The third-order valence-electron chi connectivity index (χ3n) is 3.80. The Bertz CT molecular complexity index is 712. The molecule has 0 bridgehead atoms. The molecule has 1 fully saturated rings. The second-order valence-corrected chi connectivity index (χ2v) is 7.20. The first-order valence-electron chi connectivity index (χ1n) is 6.88. The minimum atomic E-state index is -3.49. The van der Waals surface area contributed by atoms with Crippen LogP contribution in [0, 0.1) is 12.8 Å². The summed E-state index contributed by atoms with van der Waals surface area (Å²) in [7, 11) is -3.49. The Kier molecular flexibility index (Phi) is 3.77. The molecule has 1 aliphatic rings. The van der Waals surface area contributed by atoms with Gasteiger partial charge in [-0.3, -0.25) is 4.98 Å². The summed E-state index contributed by atoms with van der Waals surface area (Å²) >= 11 is 0. The van der Waals surface area contributed by atoms with Crippen LogP contribution in [0.4, 0.5) is 0 Å². The molecule has 1 aliphatic heterocycles. The topological polar surface area (TPSA) is 76.3 Å². The largest absolute Gasteiger partial charge is 0.360 e. The molecule has 112 valence electrons. The van der Waals surface area contributed by atoms with Crippen LogP contribution >= 0.6 is 0 Å². The molecule has 0 spiro atoms. The highest BCUT2D eigenvalue weighted by Crippen LogP contribution is 2.27. The number of aromatic nitrogens is 2. The zero-order valence-electron chi connectivity index (χ0n) is 11.8. The van der Waals surface area contributed by atoms with Crippen molar-refractivity contribution >= 4 is 10.0 Å². The third kappa shape index (κ3) is 2.84. The molecule has 2 aromatic heterocycles. The summed E-state index contributed by atoms with van der Waals surface area (Å²) in [6.45, 7) is 2.66. The van der Waals surface area contributed by atoms with E-state index in [-0.39, 0.29) is 4.90 Å². The fourth-order valence-corrected chi connectivity index (χ4v) is 4.28. The van der Waals surface area contributed by atoms with E-state index in [2.05, 4.69) is 10.1 Å². The van der Waals surface area contributed by atoms with Crippen molar-refractivity contribution in [1.29, 1.82) is 0 Å². The van der Waals surface area contributed by atoms with Gasteiger partial charge in [0.25, 0.3) is 0 Å². The summed E-state index contributed by atoms with van der Waals surface area (Å²) < 4.78 is 31.4. The average molecular weight is 307 g/mol. The van der Waals surface area contributed by atoms with Gasteiger partial charge in [-0.1, -0.05) is 11.2 Å². The molecule has 0 N–H and O–H groups in total. The number of hydrogen-bond acceptors (Lipinski definition) is 5. The van der Waals surface area contributed by atoms with Crippen molar-refractivity contribution in [2.24, 2.45) is 5.92 Å². The summed E-state index contributed by atoms with van der Waals surface area (Å²) in [6, 6.07) is 5.80. The Morgan fingerprint density at radius 2 is 2.29 bits per heavy atom. The van der Waals surface area contributed by atoms with E-state index in [4.69, 9.17) is 4.52 Å². The third-order valence-corrected chi connectivity index (χ3v) is 5.76. The Labute approximate surface area is 123 Å². The molecular formula is C14H17N3O3S. The van der Waals surface area contributed by atoms with E-state index in [0.717, 1.165) is 18.5 Å². The van der Waals surface area contributed by atoms with Crippen LogP contribution in [0.25, 0.3) is 0 Å². The molecule has 0 saturated carbocycles. The van der Waals surface area contributed by atoms with Gasteiger partial charge in [0.05, 0.1) is 6.20 Å². The molecule has 21 heavy (non-hydrogen) atoms. The van der Waals surface area contributed by atoms with Gasteiger partial charge in [-0.05, 0) is 37.8 Å². The Morgan fingerprint density at radius 3 is 2.95 bits per heavy atom. The van der Waals surface area contributed by atoms with Gasteiger partial charge in [-0.25, -0.2) is 8.42 Å². The number of aryl methyl sites for hydroxylation is 1. The van der Waals surface area contributed by atoms with Gasteiger partial charge in [-0.2, -0.15) is 4.31 Å². The van der Waals surface area contributed by atoms with Crippen molar-refractivity contribution in [2.75, 3.05) is 13.1 Å². The standard InChI is InChI=1S/C14H17N3O3S/c1-11-14(9-16-20-11)21(18,19)17-7-5-12(10-17)8-13-4-2-3-6-15-13/h2-4,6,9,12H,5,7-8,10H2,1H3. The molecule has 2 aromatic rings. The van der Waals surface area contributed by atoms with Gasteiger partial charge in [-0.15, -0.1) is 0 Å². The summed E-state index contributed by atoms with van der Waals surface area (Å²) in [5.74, 6) is 0.637. The van der Waals surface area contributed by atoms with Crippen LogP contribution in [0.3, 0.4) is 0 Å². The van der Waals surface area contributed by atoms with E-state index in [9.17, 15) is 8.42 Å². The van der Waals surface area contributed by atoms with Crippen molar-refractivity contribution < 1.29 is 12.9 Å². The zero-order chi connectivity index (χ0) is 14.9. The fourth-order valence-electron chi connectivity index (χ4n) is 2.67. The number of pyridine rings is 1. The van der Waals surface area contributed by atoms with E-state index in [1.165, 1.54) is 10.5 Å². The Balaban J connectivity index is 1.71. The molecule has 1 unspecified atom stereocenters. The predicted molar refractivity (Wildman–Crippen MR) is 76.0 cm³/mol. The van der Waals surface area contributed by atoms with Gasteiger partial charge in [0, 0.05) is 25.0 Å². The van der Waals surface area contributed by atoms with Crippen LogP contribution in [-0.4, -0.2) is 36.0 Å². The van der Waals surface area contributed by atoms with E-state index >= 15 is 0 Å². The molecule has 7 heteroatoms. The lowest BCUT2D eigenvalue weighted by atomic mass is 10.0. The highest BCUT2D eigenvalue weighted by Gasteiger charge is 2.34. The first-order chi connectivity index (χ1) is 10.1. The molecular weight excluding hydrogens is 290 g/mol. The molecule has 0 amide bonds. The lowest BCUT2D eigenvalue weighted by molar-refractivity contribution is 0.392. The number of nitrogens with zero attached hydrogens (tertiary/aromatic N) is 3. The highest BCUT2D eigenvalue weighted by molar-refractivity contribution is 7.89. The van der Waals surface area contributed by atoms with E-state index in [0.29, 0.717) is 24.8 Å². The summed E-state index contributed by atoms with van der Waals surface area (Å²) in [6.07, 6.45) is 4.69. The smallest absolute Gasteiger partial charge is 0.248 e. The monoisotopic (exact) mass is 307 g/mol.